The molecule has 1 aliphatic carbocycles. The zero-order valence-electron chi connectivity index (χ0n) is 12.5. The van der Waals surface area contributed by atoms with Crippen LogP contribution < -0.4 is 0 Å². The van der Waals surface area contributed by atoms with Crippen molar-refractivity contribution in [3.05, 3.63) is 0 Å². The number of likely N-dealkylation sites (tertiary alicyclic amines) is 1. The third-order valence-corrected chi connectivity index (χ3v) is 5.03. The van der Waals surface area contributed by atoms with E-state index in [1.165, 1.54) is 0 Å². The summed E-state index contributed by atoms with van der Waals surface area (Å²) < 4.78 is 16.9. The van der Waals surface area contributed by atoms with E-state index in [2.05, 4.69) is 11.9 Å². The van der Waals surface area contributed by atoms with Crippen molar-refractivity contribution in [1.82, 2.24) is 4.90 Å². The summed E-state index contributed by atoms with van der Waals surface area (Å²) in [6, 6.07) is 0.555. The predicted molar refractivity (Wildman–Crippen MR) is 73.1 cm³/mol. The Hall–Kier alpha value is -0.650. The van der Waals surface area contributed by atoms with Gasteiger partial charge in [-0.25, -0.2) is 0 Å². The second kappa shape index (κ2) is 5.62. The van der Waals surface area contributed by atoms with Gasteiger partial charge in [0.2, 0.25) is 0 Å². The number of fused-ring (bicyclic) bond motifs is 1. The molecule has 0 amide bonds. The summed E-state index contributed by atoms with van der Waals surface area (Å²) in [7, 11) is 2.12. The fourth-order valence-electron chi connectivity index (χ4n) is 4.17. The van der Waals surface area contributed by atoms with Crippen LogP contribution in [0.1, 0.15) is 32.6 Å². The first-order chi connectivity index (χ1) is 9.63. The zero-order chi connectivity index (χ0) is 14.2. The van der Waals surface area contributed by atoms with Crippen molar-refractivity contribution in [3.63, 3.8) is 0 Å². The lowest BCUT2D eigenvalue weighted by atomic mass is 9.73. The predicted octanol–water partition coefficient (Wildman–Crippen LogP) is 1.41. The highest BCUT2D eigenvalue weighted by atomic mass is 16.7. The molecule has 0 aromatic carbocycles. The molecule has 114 valence electrons. The molecule has 3 aliphatic rings. The lowest BCUT2D eigenvalue weighted by Gasteiger charge is -2.49. The number of nitrogens with zero attached hydrogens (tertiary/aromatic N) is 1. The SMILES string of the molecule is CCOC(=O)C1CC2CC3(CCC2N(C)C1)OCCO3. The summed E-state index contributed by atoms with van der Waals surface area (Å²) in [5.41, 5.74) is 0. The van der Waals surface area contributed by atoms with E-state index in [1.54, 1.807) is 0 Å². The van der Waals surface area contributed by atoms with E-state index in [4.69, 9.17) is 14.2 Å². The maximum atomic E-state index is 12.0. The fraction of sp³-hybridized carbons (Fsp3) is 0.933. The number of carbonyl (C=O) groups excluding carboxylic acids is 1. The van der Waals surface area contributed by atoms with Gasteiger partial charge in [-0.05, 0) is 32.7 Å². The summed E-state index contributed by atoms with van der Waals surface area (Å²) >= 11 is 0. The van der Waals surface area contributed by atoms with Gasteiger partial charge in [-0.1, -0.05) is 0 Å². The van der Waals surface area contributed by atoms with Crippen molar-refractivity contribution in [3.8, 4) is 0 Å². The Bertz CT molecular complexity index is 367. The number of rotatable bonds is 2. The summed E-state index contributed by atoms with van der Waals surface area (Å²) in [5.74, 6) is 0.0527. The van der Waals surface area contributed by atoms with Crippen LogP contribution in [0.5, 0.6) is 0 Å². The monoisotopic (exact) mass is 283 g/mol. The van der Waals surface area contributed by atoms with Gasteiger partial charge in [-0.3, -0.25) is 4.79 Å². The van der Waals surface area contributed by atoms with E-state index in [9.17, 15) is 4.79 Å². The molecule has 5 nitrogen and oxygen atoms in total. The van der Waals surface area contributed by atoms with Crippen molar-refractivity contribution in [2.24, 2.45) is 11.8 Å². The van der Waals surface area contributed by atoms with Crippen LogP contribution in [0.3, 0.4) is 0 Å². The molecule has 3 unspecified atom stereocenters. The van der Waals surface area contributed by atoms with Crippen LogP contribution in [-0.4, -0.2) is 56.1 Å². The third kappa shape index (κ3) is 2.59. The first-order valence-electron chi connectivity index (χ1n) is 7.78. The molecule has 3 rings (SSSR count). The molecule has 5 heteroatoms. The number of piperidine rings is 1. The van der Waals surface area contributed by atoms with E-state index in [0.717, 1.165) is 32.2 Å². The Labute approximate surface area is 120 Å². The lowest BCUT2D eigenvalue weighted by molar-refractivity contribution is -0.203. The molecule has 1 spiro atoms. The second-order valence-electron chi connectivity index (χ2n) is 6.30. The zero-order valence-corrected chi connectivity index (χ0v) is 12.5. The van der Waals surface area contributed by atoms with Crippen LogP contribution in [0.4, 0.5) is 0 Å². The molecule has 0 radical (unpaired) electrons. The summed E-state index contributed by atoms with van der Waals surface area (Å²) in [5, 5.41) is 0. The van der Waals surface area contributed by atoms with Gasteiger partial charge < -0.3 is 19.1 Å². The molecule has 0 bridgehead atoms. The van der Waals surface area contributed by atoms with E-state index >= 15 is 0 Å². The average molecular weight is 283 g/mol. The standard InChI is InChI=1S/C15H25NO4/c1-3-18-14(17)12-8-11-9-15(19-6-7-20-15)5-4-13(11)16(2)10-12/h11-13H,3-10H2,1-2H3. The minimum atomic E-state index is -0.363. The number of hydrogen-bond acceptors (Lipinski definition) is 5. The molecular weight excluding hydrogens is 258 g/mol. The third-order valence-electron chi connectivity index (χ3n) is 5.03. The first-order valence-corrected chi connectivity index (χ1v) is 7.78. The molecule has 2 aliphatic heterocycles. The van der Waals surface area contributed by atoms with Crippen LogP contribution >= 0.6 is 0 Å². The topological polar surface area (TPSA) is 48.0 Å². The van der Waals surface area contributed by atoms with Crippen molar-refractivity contribution >= 4 is 5.97 Å². The van der Waals surface area contributed by atoms with Gasteiger partial charge in [0.1, 0.15) is 0 Å². The molecule has 3 atom stereocenters. The van der Waals surface area contributed by atoms with Crippen LogP contribution in [0, 0.1) is 11.8 Å². The highest BCUT2D eigenvalue weighted by molar-refractivity contribution is 5.72. The Balaban J connectivity index is 1.68. The molecule has 2 heterocycles. The van der Waals surface area contributed by atoms with Crippen LogP contribution in [0.25, 0.3) is 0 Å². The average Bonchev–Trinajstić information content (AvgIpc) is 2.86. The minimum absolute atomic E-state index is 0.00208. The van der Waals surface area contributed by atoms with Crippen molar-refractivity contribution < 1.29 is 19.0 Å². The molecule has 0 aromatic heterocycles. The van der Waals surface area contributed by atoms with Gasteiger partial charge in [0, 0.05) is 25.4 Å². The van der Waals surface area contributed by atoms with Gasteiger partial charge in [-0.2, -0.15) is 0 Å². The number of ether oxygens (including phenoxy) is 3. The highest BCUT2D eigenvalue weighted by Crippen LogP contribution is 2.44. The van der Waals surface area contributed by atoms with Crippen molar-refractivity contribution in [2.45, 2.75) is 44.4 Å². The van der Waals surface area contributed by atoms with Crippen molar-refractivity contribution in [2.75, 3.05) is 33.4 Å². The van der Waals surface area contributed by atoms with Crippen LogP contribution in [0.15, 0.2) is 0 Å². The van der Waals surface area contributed by atoms with Gasteiger partial charge >= 0.3 is 5.97 Å². The highest BCUT2D eigenvalue weighted by Gasteiger charge is 2.49. The van der Waals surface area contributed by atoms with Gasteiger partial charge in [0.15, 0.2) is 5.79 Å². The lowest BCUT2D eigenvalue weighted by Crippen LogP contribution is -2.54. The number of esters is 1. The summed E-state index contributed by atoms with van der Waals surface area (Å²) in [6.07, 6.45) is 3.89. The molecule has 0 N–H and O–H groups in total. The Morgan fingerprint density at radius 3 is 2.85 bits per heavy atom. The molecule has 0 aromatic rings. The molecular formula is C15H25NO4. The number of hydrogen-bond donors (Lipinski definition) is 0. The first kappa shape index (κ1) is 14.3. The van der Waals surface area contributed by atoms with E-state index in [-0.39, 0.29) is 17.7 Å². The fourth-order valence-corrected chi connectivity index (χ4v) is 4.17. The Morgan fingerprint density at radius 1 is 1.40 bits per heavy atom. The largest absolute Gasteiger partial charge is 0.466 e. The maximum absolute atomic E-state index is 12.0. The summed E-state index contributed by atoms with van der Waals surface area (Å²) in [4.78, 5) is 14.4. The van der Waals surface area contributed by atoms with Gasteiger partial charge in [-0.15, -0.1) is 0 Å². The summed E-state index contributed by atoms with van der Waals surface area (Å²) in [6.45, 7) is 4.55. The minimum Gasteiger partial charge on any atom is -0.466 e. The second-order valence-corrected chi connectivity index (χ2v) is 6.30. The Kier molecular flexibility index (Phi) is 4.02. The van der Waals surface area contributed by atoms with Gasteiger partial charge in [0.25, 0.3) is 0 Å². The van der Waals surface area contributed by atoms with E-state index in [0.29, 0.717) is 31.8 Å². The molecule has 20 heavy (non-hydrogen) atoms. The molecule has 1 saturated carbocycles. The van der Waals surface area contributed by atoms with Crippen LogP contribution in [0.2, 0.25) is 0 Å². The molecule has 3 fully saturated rings. The van der Waals surface area contributed by atoms with Crippen molar-refractivity contribution in [1.29, 1.82) is 0 Å². The quantitative estimate of drug-likeness (QED) is 0.717. The van der Waals surface area contributed by atoms with E-state index in [1.807, 2.05) is 6.92 Å². The number of carbonyl (C=O) groups is 1. The molecule has 2 saturated heterocycles. The Morgan fingerprint density at radius 2 is 2.15 bits per heavy atom. The van der Waals surface area contributed by atoms with Gasteiger partial charge in [0.05, 0.1) is 25.7 Å². The normalized spacial score (nSPS) is 36.8. The van der Waals surface area contributed by atoms with E-state index < -0.39 is 0 Å². The maximum Gasteiger partial charge on any atom is 0.310 e. The smallest absolute Gasteiger partial charge is 0.310 e. The van der Waals surface area contributed by atoms with Crippen LogP contribution in [-0.2, 0) is 19.0 Å².